The fourth-order valence-electron chi connectivity index (χ4n) is 12.3. The van der Waals surface area contributed by atoms with Crippen molar-refractivity contribution in [3.8, 4) is 11.1 Å². The molecule has 0 N–H and O–H groups in total. The van der Waals surface area contributed by atoms with Gasteiger partial charge in [0.25, 0.3) is 6.71 Å². The summed E-state index contributed by atoms with van der Waals surface area (Å²) in [6.07, 6.45) is 4.75. The van der Waals surface area contributed by atoms with Gasteiger partial charge in [-0.25, -0.2) is 0 Å². The Balaban J connectivity index is 1.37. The van der Waals surface area contributed by atoms with Crippen LogP contribution in [0.3, 0.4) is 0 Å². The second-order valence-electron chi connectivity index (χ2n) is 26.9. The van der Waals surface area contributed by atoms with E-state index in [0.29, 0.717) is 0 Å². The maximum Gasteiger partial charge on any atom is 0.252 e. The van der Waals surface area contributed by atoms with Crippen LogP contribution in [0, 0.1) is 0 Å². The first-order valence-corrected chi connectivity index (χ1v) is 29.1. The molecule has 0 saturated heterocycles. The summed E-state index contributed by atoms with van der Waals surface area (Å²) in [6.45, 7) is 41.7. The minimum absolute atomic E-state index is 0.00510. The lowest BCUT2D eigenvalue weighted by Crippen LogP contribution is -2.63. The minimum atomic E-state index is -1.74. The van der Waals surface area contributed by atoms with Crippen LogP contribution >= 0.6 is 0 Å². The van der Waals surface area contributed by atoms with Crippen LogP contribution in [0.5, 0.6) is 0 Å². The summed E-state index contributed by atoms with van der Waals surface area (Å²) in [7, 11) is -1.74. The Labute approximate surface area is 406 Å². The van der Waals surface area contributed by atoms with E-state index in [1.165, 1.54) is 126 Å². The van der Waals surface area contributed by atoms with E-state index >= 15 is 0 Å². The molecule has 4 heteroatoms. The molecule has 67 heavy (non-hydrogen) atoms. The molecular formula is C63H77BN2Si. The molecule has 0 spiro atoms. The molecule has 2 aliphatic heterocycles. The Hall–Kier alpha value is -4.80. The van der Waals surface area contributed by atoms with Gasteiger partial charge >= 0.3 is 0 Å². The SMILES string of the molecule is CC(C)(C)c1ccc(N2c3ccc([Si](C)(C)C)cc3B3c4cc5c(cc4N(c4ccc6c(c4)C(C)(C)CCC6(C)C)c4cc(C(C)(C)C)cc2c43)C(C)(C)CCC5(C)C)c(-c2ccccc2)c1. The monoisotopic (exact) mass is 901 g/mol. The fourth-order valence-corrected chi connectivity index (χ4v) is 13.4. The van der Waals surface area contributed by atoms with E-state index < -0.39 is 8.07 Å². The standard InChI is InChI=1S/C63H77BN2Si/c1-58(2,3)41-23-27-52(45(33-41)40-21-19-18-20-22-40)66-53-28-25-44(67(15,16)17)37-50(53)64-51-38-48-49(63(13,14)32-31-62(48,11)12)39-54(51)65(55-34-42(59(4,5)6)35-56(66)57(55)64)43-24-26-46-47(36-43)61(9,10)30-29-60(46,7)8/h18-28,33-39H,29-32H2,1-17H3. The van der Waals surface area contributed by atoms with Crippen LogP contribution in [0.15, 0.2) is 109 Å². The van der Waals surface area contributed by atoms with Crippen molar-refractivity contribution in [2.24, 2.45) is 0 Å². The van der Waals surface area contributed by atoms with E-state index in [4.69, 9.17) is 0 Å². The van der Waals surface area contributed by atoms with Gasteiger partial charge in [0.2, 0.25) is 0 Å². The highest BCUT2D eigenvalue weighted by atomic mass is 28.3. The smallest absolute Gasteiger partial charge is 0.252 e. The molecule has 2 heterocycles. The summed E-state index contributed by atoms with van der Waals surface area (Å²) in [5, 5.41) is 1.51. The highest BCUT2D eigenvalue weighted by Crippen LogP contribution is 2.54. The number of rotatable bonds is 4. The van der Waals surface area contributed by atoms with Gasteiger partial charge in [-0.15, -0.1) is 0 Å². The first-order valence-electron chi connectivity index (χ1n) is 25.6. The maximum atomic E-state index is 2.74. The summed E-state index contributed by atoms with van der Waals surface area (Å²) in [5.41, 5.74) is 23.6. The summed E-state index contributed by atoms with van der Waals surface area (Å²) in [5.74, 6) is 0. The zero-order valence-electron chi connectivity index (χ0n) is 44.2. The Bertz CT molecular complexity index is 2980. The van der Waals surface area contributed by atoms with E-state index in [2.05, 4.69) is 236 Å². The van der Waals surface area contributed by atoms with Gasteiger partial charge in [0.05, 0.1) is 13.8 Å². The van der Waals surface area contributed by atoms with Crippen molar-refractivity contribution in [2.75, 3.05) is 9.80 Å². The van der Waals surface area contributed by atoms with Gasteiger partial charge in [-0.1, -0.05) is 182 Å². The van der Waals surface area contributed by atoms with Crippen LogP contribution in [0.4, 0.5) is 34.1 Å². The quantitative estimate of drug-likeness (QED) is 0.162. The van der Waals surface area contributed by atoms with Gasteiger partial charge in [-0.2, -0.15) is 0 Å². The third kappa shape index (κ3) is 7.40. The third-order valence-electron chi connectivity index (χ3n) is 17.1. The maximum absolute atomic E-state index is 2.74. The Morgan fingerprint density at radius 1 is 0.448 bits per heavy atom. The highest BCUT2D eigenvalue weighted by Gasteiger charge is 2.48. The van der Waals surface area contributed by atoms with Crippen molar-refractivity contribution in [1.29, 1.82) is 0 Å². The Morgan fingerprint density at radius 2 is 0.970 bits per heavy atom. The van der Waals surface area contributed by atoms with Crippen LogP contribution in [-0.4, -0.2) is 14.8 Å². The third-order valence-corrected chi connectivity index (χ3v) is 19.1. The molecule has 10 rings (SSSR count). The fraction of sp³-hybridized carbons (Fsp3) is 0.429. The molecule has 6 aromatic carbocycles. The van der Waals surface area contributed by atoms with Gasteiger partial charge in [0.15, 0.2) is 0 Å². The lowest BCUT2D eigenvalue weighted by molar-refractivity contribution is 0.332. The minimum Gasteiger partial charge on any atom is -0.311 e. The predicted molar refractivity (Wildman–Crippen MR) is 297 cm³/mol. The van der Waals surface area contributed by atoms with Crippen LogP contribution in [0.2, 0.25) is 19.6 Å². The number of nitrogens with zero attached hydrogens (tertiary/aromatic N) is 2. The average molecular weight is 901 g/mol. The van der Waals surface area contributed by atoms with Gasteiger partial charge in [-0.3, -0.25) is 0 Å². The Morgan fingerprint density at radius 3 is 1.55 bits per heavy atom. The molecule has 0 atom stereocenters. The van der Waals surface area contributed by atoms with Crippen LogP contribution in [-0.2, 0) is 32.5 Å². The molecule has 2 aliphatic carbocycles. The molecule has 0 bridgehead atoms. The largest absolute Gasteiger partial charge is 0.311 e. The first kappa shape index (κ1) is 46.0. The van der Waals surface area contributed by atoms with E-state index in [1.807, 2.05) is 0 Å². The number of hydrogen-bond acceptors (Lipinski definition) is 2. The molecule has 2 nitrogen and oxygen atoms in total. The van der Waals surface area contributed by atoms with Crippen molar-refractivity contribution in [2.45, 2.75) is 175 Å². The number of hydrogen-bond donors (Lipinski definition) is 0. The van der Waals surface area contributed by atoms with Crippen molar-refractivity contribution in [3.05, 3.63) is 143 Å². The van der Waals surface area contributed by atoms with Crippen LogP contribution in [0.1, 0.15) is 156 Å². The average Bonchev–Trinajstić information content (AvgIpc) is 3.25. The second kappa shape index (κ2) is 14.9. The molecule has 4 aliphatic rings. The van der Waals surface area contributed by atoms with Crippen molar-refractivity contribution < 1.29 is 0 Å². The van der Waals surface area contributed by atoms with E-state index in [1.54, 1.807) is 0 Å². The molecule has 346 valence electrons. The summed E-state index contributed by atoms with van der Waals surface area (Å²) >= 11 is 0. The van der Waals surface area contributed by atoms with Gasteiger partial charge in [0.1, 0.15) is 0 Å². The molecular weight excluding hydrogens is 824 g/mol. The lowest BCUT2D eigenvalue weighted by atomic mass is 9.33. The number of benzene rings is 6. The highest BCUT2D eigenvalue weighted by molar-refractivity contribution is 7.01. The second-order valence-corrected chi connectivity index (χ2v) is 32.0. The van der Waals surface area contributed by atoms with Crippen LogP contribution < -0.4 is 31.4 Å². The molecule has 0 unspecified atom stereocenters. The molecule has 0 aromatic heterocycles. The van der Waals surface area contributed by atoms with Gasteiger partial charge in [0, 0.05) is 34.0 Å². The summed E-state index contributed by atoms with van der Waals surface area (Å²) in [4.78, 5) is 5.43. The van der Waals surface area contributed by atoms with E-state index in [0.717, 1.165) is 0 Å². The van der Waals surface area contributed by atoms with Crippen molar-refractivity contribution in [3.63, 3.8) is 0 Å². The number of fused-ring (bicyclic) bond motifs is 6. The summed E-state index contributed by atoms with van der Waals surface area (Å²) < 4.78 is 0. The predicted octanol–water partition coefficient (Wildman–Crippen LogP) is 15.3. The molecule has 0 fully saturated rings. The van der Waals surface area contributed by atoms with Gasteiger partial charge < -0.3 is 9.80 Å². The molecule has 0 amide bonds. The van der Waals surface area contributed by atoms with E-state index in [-0.39, 0.29) is 39.2 Å². The Kier molecular flexibility index (Phi) is 10.2. The molecule has 6 aromatic rings. The zero-order chi connectivity index (χ0) is 48.2. The molecule has 0 radical (unpaired) electrons. The van der Waals surface area contributed by atoms with Gasteiger partial charge in [-0.05, 0) is 162 Å². The van der Waals surface area contributed by atoms with Crippen molar-refractivity contribution in [1.82, 2.24) is 0 Å². The summed E-state index contributed by atoms with van der Waals surface area (Å²) in [6, 6.07) is 44.3. The lowest BCUT2D eigenvalue weighted by Gasteiger charge is -2.48. The van der Waals surface area contributed by atoms with E-state index in [9.17, 15) is 0 Å². The molecule has 0 saturated carbocycles. The van der Waals surface area contributed by atoms with Crippen LogP contribution in [0.25, 0.3) is 11.1 Å². The van der Waals surface area contributed by atoms with Crippen molar-refractivity contribution >= 4 is 70.5 Å². The zero-order valence-corrected chi connectivity index (χ0v) is 45.2. The number of anilines is 6. The normalized spacial score (nSPS) is 18.7. The first-order chi connectivity index (χ1) is 31.1. The topological polar surface area (TPSA) is 6.48 Å².